The fourth-order valence-corrected chi connectivity index (χ4v) is 6.07. The summed E-state index contributed by atoms with van der Waals surface area (Å²) < 4.78 is 0. The van der Waals surface area contributed by atoms with Gasteiger partial charge in [-0.1, -0.05) is 74.6 Å². The first-order chi connectivity index (χ1) is 16.0. The highest BCUT2D eigenvalue weighted by Crippen LogP contribution is 2.36. The Labute approximate surface area is 202 Å². The predicted molar refractivity (Wildman–Crippen MR) is 133 cm³/mol. The number of carbonyl (C=O) groups excluding carboxylic acids is 2. The molecule has 34 heavy (non-hydrogen) atoms. The summed E-state index contributed by atoms with van der Waals surface area (Å²) in [6.45, 7) is 6.75. The Kier molecular flexibility index (Phi) is 8.17. The van der Waals surface area contributed by atoms with E-state index in [2.05, 4.69) is 25.0 Å². The summed E-state index contributed by atoms with van der Waals surface area (Å²) in [6, 6.07) is 15.1. The first-order valence-corrected chi connectivity index (χ1v) is 15.6. The molecule has 2 amide bonds. The van der Waals surface area contributed by atoms with E-state index in [-0.39, 0.29) is 12.2 Å². The van der Waals surface area contributed by atoms with Gasteiger partial charge in [-0.25, -0.2) is 5.48 Å². The van der Waals surface area contributed by atoms with Crippen LogP contribution in [0, 0.1) is 11.8 Å². The molecule has 3 atom stereocenters. The molecular weight excluding hydrogens is 448 g/mol. The van der Waals surface area contributed by atoms with Crippen molar-refractivity contribution >= 4 is 19.9 Å². The van der Waals surface area contributed by atoms with Crippen LogP contribution in [0.25, 0.3) is 0 Å². The number of phenols is 1. The average Bonchev–Trinajstić information content (AvgIpc) is 3.12. The quantitative estimate of drug-likeness (QED) is 0.152. The Morgan fingerprint density at radius 3 is 2.38 bits per heavy atom. The summed E-state index contributed by atoms with van der Waals surface area (Å²) in [5.74, 6) is -2.79. The van der Waals surface area contributed by atoms with Gasteiger partial charge < -0.3 is 15.5 Å². The number of nitrogens with one attached hydrogen (secondary N) is 2. The third-order valence-corrected chi connectivity index (χ3v) is 8.55. The highest BCUT2D eigenvalue weighted by atomic mass is 28.3. The van der Waals surface area contributed by atoms with Crippen LogP contribution in [0.15, 0.2) is 48.5 Å². The molecule has 5 N–H and O–H groups in total. The van der Waals surface area contributed by atoms with E-state index in [1.54, 1.807) is 23.7 Å². The summed E-state index contributed by atoms with van der Waals surface area (Å²) >= 11 is 0. The molecule has 0 fully saturated rings. The molecule has 0 heterocycles. The van der Waals surface area contributed by atoms with Crippen molar-refractivity contribution in [3.63, 3.8) is 0 Å². The first-order valence-electron chi connectivity index (χ1n) is 11.9. The molecule has 184 valence electrons. The summed E-state index contributed by atoms with van der Waals surface area (Å²) in [4.78, 5) is 26.4. The summed E-state index contributed by atoms with van der Waals surface area (Å²) in [5.41, 5.74) is 2.39. The van der Waals surface area contributed by atoms with Gasteiger partial charge in [-0.3, -0.25) is 14.8 Å². The summed E-state index contributed by atoms with van der Waals surface area (Å²) in [6.07, 6.45) is 2.26. The molecule has 1 aliphatic rings. The number of aryl methyl sites for hydroxylation is 1. The lowest BCUT2D eigenvalue weighted by molar-refractivity contribution is -0.144. The van der Waals surface area contributed by atoms with E-state index in [1.165, 1.54) is 6.07 Å². The van der Waals surface area contributed by atoms with Gasteiger partial charge in [-0.15, -0.1) is 0 Å². The fourth-order valence-electron chi connectivity index (χ4n) is 4.81. The highest BCUT2D eigenvalue weighted by molar-refractivity contribution is 6.76. The summed E-state index contributed by atoms with van der Waals surface area (Å²) in [7, 11) is -1.38. The number of hydrogen-bond donors (Lipinski definition) is 5. The number of hydroxylamine groups is 1. The van der Waals surface area contributed by atoms with Crippen LogP contribution in [0.2, 0.25) is 25.7 Å². The molecule has 0 aliphatic heterocycles. The molecule has 2 aromatic carbocycles. The van der Waals surface area contributed by atoms with Crippen molar-refractivity contribution in [3.05, 3.63) is 65.2 Å². The maximum atomic E-state index is 13.6. The zero-order chi connectivity index (χ0) is 24.9. The standard InChI is InChI=1S/C26H36N2O5Si/c1-34(2,3)16-8-11-20(21(25(31)28-33)17-19-10-5-7-13-23(19)29)24(30)27-26(32)15-14-18-9-4-6-12-22(18)26/h4-7,9-10,12-13,20-21,29,32-33H,8,11,14-17H2,1-3H3,(H,27,30)(H,28,31)/t20-,21+,26+/m1/s1. The third kappa shape index (κ3) is 6.25. The number of benzene rings is 2. The molecule has 0 spiro atoms. The van der Waals surface area contributed by atoms with Gasteiger partial charge >= 0.3 is 0 Å². The second-order valence-electron chi connectivity index (χ2n) is 10.5. The second-order valence-corrected chi connectivity index (χ2v) is 16.1. The van der Waals surface area contributed by atoms with Gasteiger partial charge in [0.05, 0.1) is 5.92 Å². The smallest absolute Gasteiger partial charge is 0.247 e. The summed E-state index contributed by atoms with van der Waals surface area (Å²) in [5, 5.41) is 33.9. The largest absolute Gasteiger partial charge is 0.508 e. The number of fused-ring (bicyclic) bond motifs is 1. The molecule has 7 nitrogen and oxygen atoms in total. The normalized spacial score (nSPS) is 19.2. The number of para-hydroxylation sites is 1. The van der Waals surface area contributed by atoms with E-state index < -0.39 is 37.4 Å². The monoisotopic (exact) mass is 484 g/mol. The zero-order valence-electron chi connectivity index (χ0n) is 20.2. The molecule has 0 bridgehead atoms. The van der Waals surface area contributed by atoms with Crippen molar-refractivity contribution in [2.24, 2.45) is 11.8 Å². The molecule has 0 saturated carbocycles. The fraction of sp³-hybridized carbons (Fsp3) is 0.462. The van der Waals surface area contributed by atoms with Crippen molar-refractivity contribution in [1.29, 1.82) is 0 Å². The number of phenolic OH excluding ortho intramolecular Hbond substituents is 1. The van der Waals surface area contributed by atoms with Crippen LogP contribution >= 0.6 is 0 Å². The van der Waals surface area contributed by atoms with Crippen LogP contribution in [-0.2, 0) is 28.2 Å². The van der Waals surface area contributed by atoms with Crippen LogP contribution < -0.4 is 10.8 Å². The Bertz CT molecular complexity index is 1020. The van der Waals surface area contributed by atoms with Crippen LogP contribution in [0.3, 0.4) is 0 Å². The van der Waals surface area contributed by atoms with E-state index in [0.29, 0.717) is 30.4 Å². The predicted octanol–water partition coefficient (Wildman–Crippen LogP) is 3.70. The maximum absolute atomic E-state index is 13.6. The number of aliphatic hydroxyl groups is 1. The Balaban J connectivity index is 1.89. The molecular formula is C26H36N2O5Si. The van der Waals surface area contributed by atoms with Crippen molar-refractivity contribution in [3.8, 4) is 5.75 Å². The van der Waals surface area contributed by atoms with Crippen LogP contribution in [0.5, 0.6) is 5.75 Å². The second kappa shape index (κ2) is 10.7. The molecule has 3 rings (SSSR count). The molecule has 0 unspecified atom stereocenters. The molecule has 0 saturated heterocycles. The van der Waals surface area contributed by atoms with Crippen molar-refractivity contribution in [1.82, 2.24) is 10.8 Å². The lowest BCUT2D eigenvalue weighted by Crippen LogP contribution is -2.50. The van der Waals surface area contributed by atoms with E-state index in [1.807, 2.05) is 24.3 Å². The number of carbonyl (C=O) groups is 2. The van der Waals surface area contributed by atoms with Crippen molar-refractivity contribution in [2.75, 3.05) is 0 Å². The van der Waals surface area contributed by atoms with Gasteiger partial charge in [0, 0.05) is 26.0 Å². The molecule has 1 aliphatic carbocycles. The minimum absolute atomic E-state index is 0.0304. The zero-order valence-corrected chi connectivity index (χ0v) is 21.2. The van der Waals surface area contributed by atoms with E-state index >= 15 is 0 Å². The Morgan fingerprint density at radius 1 is 1.03 bits per heavy atom. The van der Waals surface area contributed by atoms with E-state index in [9.17, 15) is 25.0 Å². The molecule has 0 aromatic heterocycles. The topological polar surface area (TPSA) is 119 Å². The molecule has 2 aromatic rings. The van der Waals surface area contributed by atoms with Gasteiger partial charge in [-0.2, -0.15) is 0 Å². The molecule has 0 radical (unpaired) electrons. The van der Waals surface area contributed by atoms with E-state index in [4.69, 9.17) is 0 Å². The van der Waals surface area contributed by atoms with E-state index in [0.717, 1.165) is 18.0 Å². The minimum Gasteiger partial charge on any atom is -0.508 e. The van der Waals surface area contributed by atoms with Crippen molar-refractivity contribution < 1.29 is 25.0 Å². The Hall–Kier alpha value is -2.68. The van der Waals surface area contributed by atoms with Crippen molar-refractivity contribution in [2.45, 2.75) is 63.5 Å². The number of aromatic hydroxyl groups is 1. The van der Waals surface area contributed by atoms with Gasteiger partial charge in [-0.05, 0) is 36.5 Å². The lowest BCUT2D eigenvalue weighted by Gasteiger charge is -2.31. The third-order valence-electron chi connectivity index (χ3n) is 6.69. The van der Waals surface area contributed by atoms with Crippen LogP contribution in [0.1, 0.15) is 36.0 Å². The van der Waals surface area contributed by atoms with Crippen LogP contribution in [-0.4, -0.2) is 35.3 Å². The number of rotatable bonds is 10. The molecule has 8 heteroatoms. The van der Waals surface area contributed by atoms with Gasteiger partial charge in [0.1, 0.15) is 5.75 Å². The SMILES string of the molecule is C[Si](C)(C)CCC[C@@H](C(=O)N[C@]1(O)CCc2ccccc21)[C@H](Cc1ccccc1O)C(=O)NO. The Morgan fingerprint density at radius 2 is 1.71 bits per heavy atom. The minimum atomic E-state index is -1.50. The number of amides is 2. The average molecular weight is 485 g/mol. The van der Waals surface area contributed by atoms with Crippen LogP contribution in [0.4, 0.5) is 0 Å². The first kappa shape index (κ1) is 25.9. The van der Waals surface area contributed by atoms with Gasteiger partial charge in [0.2, 0.25) is 11.8 Å². The van der Waals surface area contributed by atoms with Gasteiger partial charge in [0.25, 0.3) is 0 Å². The number of hydrogen-bond acceptors (Lipinski definition) is 5. The maximum Gasteiger partial charge on any atom is 0.247 e. The van der Waals surface area contributed by atoms with Gasteiger partial charge in [0.15, 0.2) is 5.72 Å². The lowest BCUT2D eigenvalue weighted by atomic mass is 9.82. The highest BCUT2D eigenvalue weighted by Gasteiger charge is 2.42.